The van der Waals surface area contributed by atoms with Crippen molar-refractivity contribution in [1.29, 1.82) is 0 Å². The Hall–Kier alpha value is -1.31. The minimum absolute atomic E-state index is 0.394. The molecule has 0 radical (unpaired) electrons. The molecule has 1 heterocycles. The summed E-state index contributed by atoms with van der Waals surface area (Å²) >= 11 is 1.31. The Bertz CT molecular complexity index is 412. The van der Waals surface area contributed by atoms with E-state index in [0.29, 0.717) is 18.0 Å². The molecule has 80 valence electrons. The predicted molar refractivity (Wildman–Crippen MR) is 61.2 cm³/mol. The summed E-state index contributed by atoms with van der Waals surface area (Å²) in [5, 5.41) is 11.9. The number of hydrogen-bond donors (Lipinski definition) is 2. The zero-order valence-electron chi connectivity index (χ0n) is 8.76. The largest absolute Gasteiger partial charge is 0.477 e. The maximum absolute atomic E-state index is 10.7. The smallest absolute Gasteiger partial charge is 0.345 e. The van der Waals surface area contributed by atoms with Crippen LogP contribution in [0.5, 0.6) is 0 Å². The average molecular weight is 223 g/mol. The lowest BCUT2D eigenvalue weighted by Gasteiger charge is -1.98. The van der Waals surface area contributed by atoms with Gasteiger partial charge in [0.1, 0.15) is 4.88 Å². The third-order valence-corrected chi connectivity index (χ3v) is 3.02. The molecule has 0 aliphatic heterocycles. The molecule has 0 atom stereocenters. The first-order chi connectivity index (χ1) is 7.15. The zero-order chi connectivity index (χ0) is 11.3. The first-order valence-corrected chi connectivity index (χ1v) is 5.39. The van der Waals surface area contributed by atoms with Crippen molar-refractivity contribution in [3.8, 4) is 11.8 Å². The maximum atomic E-state index is 10.7. The van der Waals surface area contributed by atoms with Gasteiger partial charge in [-0.05, 0) is 25.5 Å². The van der Waals surface area contributed by atoms with Crippen LogP contribution in [0, 0.1) is 18.8 Å². The number of aryl methyl sites for hydroxylation is 1. The number of nitrogens with one attached hydrogen (secondary N) is 1. The van der Waals surface area contributed by atoms with Crippen molar-refractivity contribution in [2.75, 3.05) is 6.54 Å². The molecule has 0 fully saturated rings. The van der Waals surface area contributed by atoms with E-state index < -0.39 is 5.97 Å². The Morgan fingerprint density at radius 2 is 2.40 bits per heavy atom. The van der Waals surface area contributed by atoms with Crippen LogP contribution in [0.3, 0.4) is 0 Å². The van der Waals surface area contributed by atoms with Gasteiger partial charge in [0.15, 0.2) is 0 Å². The van der Waals surface area contributed by atoms with E-state index in [4.69, 9.17) is 5.11 Å². The highest BCUT2D eigenvalue weighted by molar-refractivity contribution is 7.14. The van der Waals surface area contributed by atoms with Crippen LogP contribution in [0.4, 0.5) is 0 Å². The van der Waals surface area contributed by atoms with E-state index in [1.54, 1.807) is 13.0 Å². The molecule has 0 saturated heterocycles. The van der Waals surface area contributed by atoms with Crippen LogP contribution in [0.2, 0.25) is 0 Å². The van der Waals surface area contributed by atoms with Crippen LogP contribution in [-0.4, -0.2) is 17.6 Å². The molecule has 0 saturated carbocycles. The van der Waals surface area contributed by atoms with Crippen LogP contribution in [0.25, 0.3) is 0 Å². The third-order valence-electron chi connectivity index (χ3n) is 1.94. The molecule has 0 spiro atoms. The summed E-state index contributed by atoms with van der Waals surface area (Å²) in [5.41, 5.74) is 1.04. The fraction of sp³-hybridized carbons (Fsp3) is 0.364. The van der Waals surface area contributed by atoms with Gasteiger partial charge in [-0.2, -0.15) is 0 Å². The number of hydrogen-bond acceptors (Lipinski definition) is 3. The molecular weight excluding hydrogens is 210 g/mol. The van der Waals surface area contributed by atoms with Gasteiger partial charge in [0.05, 0.1) is 6.54 Å². The van der Waals surface area contributed by atoms with Crippen molar-refractivity contribution < 1.29 is 9.90 Å². The number of carbonyl (C=O) groups is 1. The predicted octanol–water partition coefficient (Wildman–Crippen LogP) is 1.87. The molecular formula is C11H13NO2S. The number of carboxylic acids is 1. The van der Waals surface area contributed by atoms with Gasteiger partial charge in [0.25, 0.3) is 0 Å². The van der Waals surface area contributed by atoms with Crippen molar-refractivity contribution in [2.24, 2.45) is 0 Å². The van der Waals surface area contributed by atoms with Crippen molar-refractivity contribution in [1.82, 2.24) is 5.32 Å². The summed E-state index contributed by atoms with van der Waals surface area (Å²) in [7, 11) is 0. The molecule has 0 unspecified atom stereocenters. The van der Waals surface area contributed by atoms with Crippen LogP contribution >= 0.6 is 11.3 Å². The van der Waals surface area contributed by atoms with E-state index in [1.165, 1.54) is 11.3 Å². The lowest BCUT2D eigenvalue weighted by Crippen LogP contribution is -2.13. The average Bonchev–Trinajstić information content (AvgIpc) is 2.55. The van der Waals surface area contributed by atoms with Gasteiger partial charge in [0, 0.05) is 11.4 Å². The van der Waals surface area contributed by atoms with Crippen LogP contribution in [0.1, 0.15) is 27.0 Å². The molecule has 0 aromatic carbocycles. The first-order valence-electron chi connectivity index (χ1n) is 4.58. The summed E-state index contributed by atoms with van der Waals surface area (Å²) in [5.74, 6) is 4.82. The second kappa shape index (κ2) is 5.54. The molecule has 1 rings (SSSR count). The molecule has 0 aliphatic carbocycles. The second-order valence-corrected chi connectivity index (χ2v) is 4.28. The Balaban J connectivity index is 2.60. The molecule has 0 aliphatic rings. The van der Waals surface area contributed by atoms with E-state index in [2.05, 4.69) is 17.2 Å². The molecule has 4 heteroatoms. The summed E-state index contributed by atoms with van der Waals surface area (Å²) in [6, 6.07) is 1.72. The highest BCUT2D eigenvalue weighted by atomic mass is 32.1. The second-order valence-electron chi connectivity index (χ2n) is 3.03. The van der Waals surface area contributed by atoms with E-state index in [0.717, 1.165) is 10.4 Å². The fourth-order valence-electron chi connectivity index (χ4n) is 1.15. The van der Waals surface area contributed by atoms with Crippen molar-refractivity contribution in [2.45, 2.75) is 20.4 Å². The third kappa shape index (κ3) is 3.39. The molecule has 1 aromatic rings. The van der Waals surface area contributed by atoms with Crippen LogP contribution in [-0.2, 0) is 6.54 Å². The van der Waals surface area contributed by atoms with Gasteiger partial charge >= 0.3 is 5.97 Å². The Kier molecular flexibility index (Phi) is 4.35. The molecule has 15 heavy (non-hydrogen) atoms. The standard InChI is InChI=1S/C11H13NO2S/c1-3-4-5-12-7-9-6-10(11(13)14)15-8(9)2/h6,12H,5,7H2,1-2H3,(H,13,14). The number of rotatable bonds is 4. The quantitative estimate of drug-likeness (QED) is 0.605. The Morgan fingerprint density at radius 3 is 2.93 bits per heavy atom. The fourth-order valence-corrected chi connectivity index (χ4v) is 2.03. The highest BCUT2D eigenvalue weighted by Gasteiger charge is 2.09. The van der Waals surface area contributed by atoms with Gasteiger partial charge < -0.3 is 10.4 Å². The highest BCUT2D eigenvalue weighted by Crippen LogP contribution is 2.21. The summed E-state index contributed by atoms with van der Waals surface area (Å²) < 4.78 is 0. The van der Waals surface area contributed by atoms with Crippen LogP contribution in [0.15, 0.2) is 6.07 Å². The van der Waals surface area contributed by atoms with Gasteiger partial charge in [-0.3, -0.25) is 0 Å². The topological polar surface area (TPSA) is 49.3 Å². The normalized spacial score (nSPS) is 9.47. The van der Waals surface area contributed by atoms with Crippen molar-refractivity contribution in [3.05, 3.63) is 21.4 Å². The lowest BCUT2D eigenvalue weighted by molar-refractivity contribution is 0.0702. The van der Waals surface area contributed by atoms with E-state index in [-0.39, 0.29) is 0 Å². The minimum atomic E-state index is -0.859. The molecule has 0 bridgehead atoms. The molecule has 3 nitrogen and oxygen atoms in total. The number of thiophene rings is 1. The van der Waals surface area contributed by atoms with E-state index in [9.17, 15) is 4.79 Å². The summed E-state index contributed by atoms with van der Waals surface area (Å²) in [6.45, 7) is 5.03. The van der Waals surface area contributed by atoms with E-state index in [1.807, 2.05) is 6.92 Å². The van der Waals surface area contributed by atoms with E-state index >= 15 is 0 Å². The van der Waals surface area contributed by atoms with Crippen molar-refractivity contribution in [3.63, 3.8) is 0 Å². The summed E-state index contributed by atoms with van der Waals surface area (Å²) in [4.78, 5) is 12.2. The van der Waals surface area contributed by atoms with Gasteiger partial charge in [-0.25, -0.2) is 4.79 Å². The maximum Gasteiger partial charge on any atom is 0.345 e. The van der Waals surface area contributed by atoms with Crippen molar-refractivity contribution >= 4 is 17.3 Å². The molecule has 1 aromatic heterocycles. The summed E-state index contributed by atoms with van der Waals surface area (Å²) in [6.07, 6.45) is 0. The molecule has 0 amide bonds. The molecule has 2 N–H and O–H groups in total. The monoisotopic (exact) mass is 223 g/mol. The van der Waals surface area contributed by atoms with Gasteiger partial charge in [-0.1, -0.05) is 5.92 Å². The first kappa shape index (κ1) is 11.8. The zero-order valence-corrected chi connectivity index (χ0v) is 9.57. The SMILES string of the molecule is CC#CCNCc1cc(C(=O)O)sc1C. The van der Waals surface area contributed by atoms with Crippen LogP contribution < -0.4 is 5.32 Å². The minimum Gasteiger partial charge on any atom is -0.477 e. The number of carboxylic acid groups (broad SMARTS) is 1. The number of aromatic carboxylic acids is 1. The Morgan fingerprint density at radius 1 is 1.67 bits per heavy atom. The Labute approximate surface area is 93.1 Å². The van der Waals surface area contributed by atoms with Gasteiger partial charge in [0.2, 0.25) is 0 Å². The lowest BCUT2D eigenvalue weighted by atomic mass is 10.2. The van der Waals surface area contributed by atoms with Gasteiger partial charge in [-0.15, -0.1) is 17.3 Å².